The van der Waals surface area contributed by atoms with Crippen LogP contribution < -0.4 is 5.32 Å². The van der Waals surface area contributed by atoms with E-state index in [0.717, 1.165) is 23.8 Å². The van der Waals surface area contributed by atoms with Crippen LogP contribution in [0.2, 0.25) is 0 Å². The third-order valence-corrected chi connectivity index (χ3v) is 7.23. The molecule has 0 saturated heterocycles. The highest BCUT2D eigenvalue weighted by Crippen LogP contribution is 2.60. The van der Waals surface area contributed by atoms with E-state index < -0.39 is 0 Å². The second kappa shape index (κ2) is 4.84. The van der Waals surface area contributed by atoms with Crippen LogP contribution >= 0.6 is 0 Å². The Labute approximate surface area is 129 Å². The van der Waals surface area contributed by atoms with E-state index in [4.69, 9.17) is 0 Å². The van der Waals surface area contributed by atoms with Crippen molar-refractivity contribution < 1.29 is 0 Å². The molecule has 5 atom stereocenters. The van der Waals surface area contributed by atoms with Gasteiger partial charge in [0.2, 0.25) is 0 Å². The molecule has 1 heteroatoms. The van der Waals surface area contributed by atoms with Crippen molar-refractivity contribution in [3.05, 3.63) is 34.9 Å². The Bertz CT molecular complexity index is 549. The van der Waals surface area contributed by atoms with Crippen LogP contribution in [0.25, 0.3) is 0 Å². The number of hydrogen-bond donors (Lipinski definition) is 1. The summed E-state index contributed by atoms with van der Waals surface area (Å²) < 4.78 is 0. The maximum absolute atomic E-state index is 3.63. The second-order valence-electron chi connectivity index (χ2n) is 8.08. The van der Waals surface area contributed by atoms with E-state index >= 15 is 0 Å². The first-order chi connectivity index (χ1) is 10.1. The number of benzene rings is 1. The molecule has 21 heavy (non-hydrogen) atoms. The van der Waals surface area contributed by atoms with Gasteiger partial charge in [0.15, 0.2) is 0 Å². The van der Waals surface area contributed by atoms with Crippen LogP contribution in [0.3, 0.4) is 0 Å². The van der Waals surface area contributed by atoms with E-state index in [0.29, 0.717) is 5.41 Å². The summed E-state index contributed by atoms with van der Waals surface area (Å²) in [6.45, 7) is 4.81. The molecule has 3 aliphatic rings. The van der Waals surface area contributed by atoms with Crippen LogP contribution in [0.1, 0.15) is 61.6 Å². The molecule has 0 heterocycles. The zero-order chi connectivity index (χ0) is 14.6. The molecule has 4 rings (SSSR count). The fourth-order valence-electron chi connectivity index (χ4n) is 6.19. The lowest BCUT2D eigenvalue weighted by molar-refractivity contribution is 0.0430. The molecule has 0 bridgehead atoms. The van der Waals surface area contributed by atoms with Gasteiger partial charge in [-0.2, -0.15) is 0 Å². The predicted octanol–water partition coefficient (Wildman–Crippen LogP) is 4.44. The van der Waals surface area contributed by atoms with Crippen molar-refractivity contribution in [2.45, 2.75) is 64.3 Å². The van der Waals surface area contributed by atoms with Gasteiger partial charge in [0.25, 0.3) is 0 Å². The molecule has 2 fully saturated rings. The monoisotopic (exact) mass is 283 g/mol. The predicted molar refractivity (Wildman–Crippen MR) is 88.6 cm³/mol. The number of fused-ring (bicyclic) bond motifs is 5. The molecule has 2 saturated carbocycles. The summed E-state index contributed by atoms with van der Waals surface area (Å²) in [5.74, 6) is 2.74. The van der Waals surface area contributed by atoms with Gasteiger partial charge in [-0.3, -0.25) is 0 Å². The molecule has 0 radical (unpaired) electrons. The minimum Gasteiger partial charge on any atom is -0.316 e. The first-order valence-electron chi connectivity index (χ1n) is 8.90. The van der Waals surface area contributed by atoms with Crippen LogP contribution in [0.5, 0.6) is 0 Å². The van der Waals surface area contributed by atoms with Crippen LogP contribution in [-0.4, -0.2) is 13.1 Å². The van der Waals surface area contributed by atoms with Crippen molar-refractivity contribution in [3.8, 4) is 0 Å². The quantitative estimate of drug-likeness (QED) is 0.803. The minimum atomic E-state index is 0.554. The summed E-state index contributed by atoms with van der Waals surface area (Å²) in [6.07, 6.45) is 8.41. The van der Waals surface area contributed by atoms with Gasteiger partial charge in [-0.15, -0.1) is 0 Å². The molecule has 0 aliphatic heterocycles. The Morgan fingerprint density at radius 3 is 2.81 bits per heavy atom. The van der Waals surface area contributed by atoms with Crippen molar-refractivity contribution in [1.82, 2.24) is 5.32 Å². The van der Waals surface area contributed by atoms with Gasteiger partial charge in [-0.25, -0.2) is 0 Å². The molecule has 5 unspecified atom stereocenters. The molecular weight excluding hydrogens is 254 g/mol. The smallest absolute Gasteiger partial charge is 0.0121 e. The zero-order valence-corrected chi connectivity index (χ0v) is 13.8. The summed E-state index contributed by atoms with van der Waals surface area (Å²) in [5, 5.41) is 3.63. The summed E-state index contributed by atoms with van der Waals surface area (Å²) in [5.41, 5.74) is 5.34. The second-order valence-corrected chi connectivity index (χ2v) is 8.08. The molecule has 0 amide bonds. The van der Waals surface area contributed by atoms with Crippen molar-refractivity contribution in [2.75, 3.05) is 7.05 Å². The summed E-state index contributed by atoms with van der Waals surface area (Å²) >= 11 is 0. The fraction of sp³-hybridized carbons (Fsp3) is 0.700. The van der Waals surface area contributed by atoms with E-state index in [1.54, 1.807) is 11.1 Å². The van der Waals surface area contributed by atoms with Gasteiger partial charge >= 0.3 is 0 Å². The topological polar surface area (TPSA) is 12.0 Å². The lowest BCUT2D eigenvalue weighted by Gasteiger charge is -2.51. The maximum atomic E-state index is 3.63. The van der Waals surface area contributed by atoms with Gasteiger partial charge < -0.3 is 5.32 Å². The maximum Gasteiger partial charge on any atom is 0.0121 e. The Hall–Kier alpha value is -0.820. The van der Waals surface area contributed by atoms with Crippen molar-refractivity contribution in [3.63, 3.8) is 0 Å². The number of nitrogens with one attached hydrogen (secondary N) is 1. The summed E-state index contributed by atoms with van der Waals surface area (Å²) in [6, 6.07) is 7.99. The first-order valence-corrected chi connectivity index (χ1v) is 8.90. The Morgan fingerprint density at radius 1 is 1.14 bits per heavy atom. The van der Waals surface area contributed by atoms with Crippen LogP contribution in [0, 0.1) is 24.2 Å². The molecule has 3 aliphatic carbocycles. The summed E-state index contributed by atoms with van der Waals surface area (Å²) in [4.78, 5) is 0. The minimum absolute atomic E-state index is 0.554. The lowest BCUT2D eigenvalue weighted by Crippen LogP contribution is -2.47. The first kappa shape index (κ1) is 13.8. The highest BCUT2D eigenvalue weighted by atomic mass is 14.9. The molecule has 1 N–H and O–H groups in total. The molecule has 1 nitrogen and oxygen atoms in total. The highest BCUT2D eigenvalue weighted by molar-refractivity contribution is 5.37. The Morgan fingerprint density at radius 2 is 2.00 bits per heavy atom. The van der Waals surface area contributed by atoms with Gasteiger partial charge in [0.1, 0.15) is 0 Å². The zero-order valence-electron chi connectivity index (χ0n) is 13.8. The van der Waals surface area contributed by atoms with Crippen LogP contribution in [0.4, 0.5) is 0 Å². The average Bonchev–Trinajstić information content (AvgIpc) is 2.83. The normalized spacial score (nSPS) is 41.3. The van der Waals surface area contributed by atoms with E-state index in [1.165, 1.54) is 44.1 Å². The SMILES string of the molecule is CNC1CCC2C3CCc4cc(C)ccc4C3CCC12C. The third kappa shape index (κ3) is 1.93. The fourth-order valence-corrected chi connectivity index (χ4v) is 6.19. The lowest BCUT2D eigenvalue weighted by atomic mass is 9.55. The van der Waals surface area contributed by atoms with Crippen molar-refractivity contribution >= 4 is 0 Å². The van der Waals surface area contributed by atoms with Gasteiger partial charge in [-0.1, -0.05) is 30.7 Å². The molecule has 0 spiro atoms. The number of rotatable bonds is 1. The molecular formula is C20H29N. The van der Waals surface area contributed by atoms with E-state index in [9.17, 15) is 0 Å². The molecule has 1 aromatic carbocycles. The largest absolute Gasteiger partial charge is 0.316 e. The van der Waals surface area contributed by atoms with Crippen molar-refractivity contribution in [1.29, 1.82) is 0 Å². The number of aryl methyl sites for hydroxylation is 2. The standard InChI is InChI=1S/C20H29N/c1-13-4-6-15-14(12-13)5-7-17-16(15)10-11-20(2)18(17)8-9-19(20)21-3/h4,6,12,16-19,21H,5,7-11H2,1-3H3. The van der Waals surface area contributed by atoms with Crippen LogP contribution in [-0.2, 0) is 6.42 Å². The van der Waals surface area contributed by atoms with E-state index in [-0.39, 0.29) is 0 Å². The number of hydrogen-bond acceptors (Lipinski definition) is 1. The van der Waals surface area contributed by atoms with Gasteiger partial charge in [0.05, 0.1) is 0 Å². The Balaban J connectivity index is 1.68. The Kier molecular flexibility index (Phi) is 3.19. The van der Waals surface area contributed by atoms with Gasteiger partial charge in [-0.05, 0) is 86.8 Å². The van der Waals surface area contributed by atoms with E-state index in [1.807, 2.05) is 0 Å². The average molecular weight is 283 g/mol. The molecule has 1 aromatic rings. The summed E-state index contributed by atoms with van der Waals surface area (Å²) in [7, 11) is 2.17. The molecule has 114 valence electrons. The van der Waals surface area contributed by atoms with Gasteiger partial charge in [0, 0.05) is 6.04 Å². The van der Waals surface area contributed by atoms with Crippen LogP contribution in [0.15, 0.2) is 18.2 Å². The molecule has 0 aromatic heterocycles. The van der Waals surface area contributed by atoms with Crippen molar-refractivity contribution in [2.24, 2.45) is 17.3 Å². The highest BCUT2D eigenvalue weighted by Gasteiger charge is 2.54. The third-order valence-electron chi connectivity index (χ3n) is 7.23. The van der Waals surface area contributed by atoms with E-state index in [2.05, 4.69) is 44.4 Å².